The molecule has 0 radical (unpaired) electrons. The number of aromatic hydroxyl groups is 1. The van der Waals surface area contributed by atoms with E-state index >= 15 is 0 Å². The third-order valence-electron chi connectivity index (χ3n) is 3.55. The summed E-state index contributed by atoms with van der Waals surface area (Å²) in [7, 11) is 1.18. The van der Waals surface area contributed by atoms with Crippen LogP contribution in [0.2, 0.25) is 0 Å². The minimum Gasteiger partial charge on any atom is -0.494 e. The van der Waals surface area contributed by atoms with Crippen LogP contribution in [0, 0.1) is 0 Å². The lowest BCUT2D eigenvalue weighted by molar-refractivity contribution is 0.102. The number of nitrogen functional groups attached to an aromatic ring is 1. The third kappa shape index (κ3) is 2.73. The fraction of sp³-hybridized carbons (Fsp3) is 0.0714. The van der Waals surface area contributed by atoms with Gasteiger partial charge in [0.25, 0.3) is 11.5 Å². The van der Waals surface area contributed by atoms with Gasteiger partial charge in [0, 0.05) is 18.3 Å². The molecule has 0 aliphatic heterocycles. The molecule has 11 nitrogen and oxygen atoms in total. The number of anilines is 1. The van der Waals surface area contributed by atoms with Crippen LogP contribution in [0.1, 0.15) is 10.4 Å². The molecule has 1 amide bonds. The Hall–Kier alpha value is -3.89. The van der Waals surface area contributed by atoms with Crippen molar-refractivity contribution in [2.45, 2.75) is 0 Å². The zero-order chi connectivity index (χ0) is 18.1. The molecule has 3 rings (SSSR count). The largest absolute Gasteiger partial charge is 0.494 e. The normalized spacial score (nSPS) is 10.6. The fourth-order valence-corrected chi connectivity index (χ4v) is 2.18. The molecule has 0 spiro atoms. The molecule has 1 aromatic carbocycles. The van der Waals surface area contributed by atoms with E-state index in [1.807, 2.05) is 0 Å². The summed E-state index contributed by atoms with van der Waals surface area (Å²) in [5.74, 6) is 3.65. The molecule has 2 aromatic heterocycles. The molecular weight excluding hydrogens is 330 g/mol. The summed E-state index contributed by atoms with van der Waals surface area (Å²) in [6, 6.07) is 6.55. The van der Waals surface area contributed by atoms with Gasteiger partial charge in [-0.25, -0.2) is 4.79 Å². The summed E-state index contributed by atoms with van der Waals surface area (Å²) in [6.07, 6.45) is 1.54. The molecular formula is C14H13N7O4. The summed E-state index contributed by atoms with van der Waals surface area (Å²) in [6.45, 7) is 0. The second-order valence-electron chi connectivity index (χ2n) is 5.10. The monoisotopic (exact) mass is 343 g/mol. The molecule has 3 aromatic rings. The third-order valence-corrected chi connectivity index (χ3v) is 3.55. The van der Waals surface area contributed by atoms with Gasteiger partial charge in [0.15, 0.2) is 5.56 Å². The van der Waals surface area contributed by atoms with Gasteiger partial charge < -0.3 is 16.3 Å². The molecule has 128 valence electrons. The van der Waals surface area contributed by atoms with E-state index in [9.17, 15) is 19.5 Å². The number of nitrogens with one attached hydrogen (secondary N) is 2. The number of hydrogen-bond donors (Lipinski definition) is 4. The Morgan fingerprint density at radius 2 is 1.96 bits per heavy atom. The molecule has 5 N–H and O–H groups in total. The van der Waals surface area contributed by atoms with Gasteiger partial charge in [0.1, 0.15) is 5.69 Å². The number of aromatic nitrogens is 5. The molecule has 0 aliphatic rings. The Morgan fingerprint density at radius 3 is 2.56 bits per heavy atom. The van der Waals surface area contributed by atoms with Gasteiger partial charge in [-0.2, -0.15) is 20.1 Å². The van der Waals surface area contributed by atoms with Crippen molar-refractivity contribution >= 4 is 11.6 Å². The molecule has 2 heterocycles. The maximum absolute atomic E-state index is 12.3. The van der Waals surface area contributed by atoms with Crippen molar-refractivity contribution in [1.82, 2.24) is 24.7 Å². The topological polar surface area (TPSA) is 161 Å². The summed E-state index contributed by atoms with van der Waals surface area (Å²) in [5.41, 5.74) is -0.924. The van der Waals surface area contributed by atoms with Crippen LogP contribution in [-0.2, 0) is 7.05 Å². The van der Waals surface area contributed by atoms with Gasteiger partial charge in [0.2, 0.25) is 5.88 Å². The predicted octanol–water partition coefficient (Wildman–Crippen LogP) is -0.996. The second kappa shape index (κ2) is 5.96. The van der Waals surface area contributed by atoms with Crippen LogP contribution in [0.25, 0.3) is 11.3 Å². The number of nitrogens with two attached hydrogens (primary N) is 1. The predicted molar refractivity (Wildman–Crippen MR) is 87.5 cm³/mol. The van der Waals surface area contributed by atoms with Crippen LogP contribution < -0.4 is 22.4 Å². The summed E-state index contributed by atoms with van der Waals surface area (Å²) in [4.78, 5) is 35.9. The number of benzene rings is 1. The van der Waals surface area contributed by atoms with Gasteiger partial charge in [-0.05, 0) is 12.1 Å². The Balaban J connectivity index is 1.91. The van der Waals surface area contributed by atoms with Crippen molar-refractivity contribution < 1.29 is 9.90 Å². The number of hydrogen-bond acceptors (Lipinski definition) is 7. The summed E-state index contributed by atoms with van der Waals surface area (Å²) >= 11 is 0. The molecule has 0 bridgehead atoms. The maximum Gasteiger partial charge on any atom is 0.352 e. The van der Waals surface area contributed by atoms with Crippen molar-refractivity contribution in [3.8, 4) is 17.1 Å². The number of carbonyl (C=O) groups is 1. The van der Waals surface area contributed by atoms with Gasteiger partial charge >= 0.3 is 5.69 Å². The lowest BCUT2D eigenvalue weighted by atomic mass is 10.1. The lowest BCUT2D eigenvalue weighted by Gasteiger charge is -2.10. The highest BCUT2D eigenvalue weighted by molar-refractivity contribution is 6.05. The van der Waals surface area contributed by atoms with E-state index in [4.69, 9.17) is 5.84 Å². The minimum atomic E-state index is -1.10. The number of aromatic amines is 1. The average molecular weight is 343 g/mol. The van der Waals surface area contributed by atoms with Crippen molar-refractivity contribution in [3.63, 3.8) is 0 Å². The first kappa shape index (κ1) is 16.0. The maximum atomic E-state index is 12.3. The van der Waals surface area contributed by atoms with Crippen LogP contribution in [0.15, 0.2) is 40.1 Å². The minimum absolute atomic E-state index is 0.252. The van der Waals surface area contributed by atoms with E-state index in [1.54, 1.807) is 30.5 Å². The van der Waals surface area contributed by atoms with Gasteiger partial charge in [-0.15, -0.1) is 0 Å². The van der Waals surface area contributed by atoms with E-state index in [-0.39, 0.29) is 4.68 Å². The van der Waals surface area contributed by atoms with Crippen molar-refractivity contribution in [2.75, 3.05) is 11.2 Å². The molecule has 25 heavy (non-hydrogen) atoms. The van der Waals surface area contributed by atoms with E-state index in [0.29, 0.717) is 15.9 Å². The van der Waals surface area contributed by atoms with E-state index in [2.05, 4.69) is 20.7 Å². The van der Waals surface area contributed by atoms with Crippen LogP contribution in [0.3, 0.4) is 0 Å². The van der Waals surface area contributed by atoms with Gasteiger partial charge in [-0.3, -0.25) is 14.2 Å². The van der Waals surface area contributed by atoms with E-state index < -0.39 is 28.6 Å². The number of carbonyl (C=O) groups excluding carboxylic acids is 1. The first-order chi connectivity index (χ1) is 11.9. The van der Waals surface area contributed by atoms with Crippen LogP contribution in [-0.4, -0.2) is 35.7 Å². The molecule has 11 heteroatoms. The quantitative estimate of drug-likeness (QED) is 0.444. The fourth-order valence-electron chi connectivity index (χ4n) is 2.18. The van der Waals surface area contributed by atoms with E-state index in [0.717, 1.165) is 5.56 Å². The highest BCUT2D eigenvalue weighted by Crippen LogP contribution is 2.19. The Bertz CT molecular complexity index is 1050. The summed E-state index contributed by atoms with van der Waals surface area (Å²) in [5, 5.41) is 22.5. The summed E-state index contributed by atoms with van der Waals surface area (Å²) < 4.78 is 0.951. The van der Waals surface area contributed by atoms with Crippen LogP contribution >= 0.6 is 0 Å². The Labute approximate surface area is 139 Å². The molecule has 0 saturated heterocycles. The highest BCUT2D eigenvalue weighted by Gasteiger charge is 2.22. The lowest BCUT2D eigenvalue weighted by Crippen LogP contribution is -2.46. The van der Waals surface area contributed by atoms with Crippen molar-refractivity contribution in [3.05, 3.63) is 56.9 Å². The molecule has 0 saturated carbocycles. The average Bonchev–Trinajstić information content (AvgIpc) is 3.14. The molecule has 0 unspecified atom stereocenters. The Kier molecular flexibility index (Phi) is 3.81. The number of nitrogens with zero attached hydrogens (tertiary/aromatic N) is 4. The van der Waals surface area contributed by atoms with Crippen LogP contribution in [0.5, 0.6) is 5.88 Å². The van der Waals surface area contributed by atoms with Crippen LogP contribution in [0.4, 0.5) is 5.69 Å². The second-order valence-corrected chi connectivity index (χ2v) is 5.10. The SMILES string of the molecule is Cn1c(O)c(C(=O)Nc2ccc(-c3cn[nH]n3)cc2)c(=O)n(N)c1=O. The highest BCUT2D eigenvalue weighted by atomic mass is 16.3. The van der Waals surface area contributed by atoms with E-state index in [1.165, 1.54) is 7.05 Å². The standard InChI is InChI=1S/C14H13N7O4/c1-20-12(23)10(13(24)21(15)14(20)25)11(22)17-8-4-2-7(3-5-8)9-6-16-19-18-9/h2-6,23H,15H2,1H3,(H,17,22)(H,16,18,19). The zero-order valence-corrected chi connectivity index (χ0v) is 12.9. The molecule has 0 aliphatic carbocycles. The first-order valence-electron chi connectivity index (χ1n) is 6.97. The van der Waals surface area contributed by atoms with Gasteiger partial charge in [0.05, 0.1) is 6.20 Å². The number of rotatable bonds is 3. The van der Waals surface area contributed by atoms with Gasteiger partial charge in [-0.1, -0.05) is 12.1 Å². The molecule has 0 atom stereocenters. The van der Waals surface area contributed by atoms with Crippen molar-refractivity contribution in [2.24, 2.45) is 7.05 Å². The smallest absolute Gasteiger partial charge is 0.352 e. The molecule has 0 fully saturated rings. The Morgan fingerprint density at radius 1 is 1.28 bits per heavy atom. The zero-order valence-electron chi connectivity index (χ0n) is 12.9. The van der Waals surface area contributed by atoms with Crippen molar-refractivity contribution in [1.29, 1.82) is 0 Å². The number of amides is 1. The first-order valence-corrected chi connectivity index (χ1v) is 6.97. The number of H-pyrrole nitrogens is 1.